The molecule has 0 saturated heterocycles. The first-order valence-corrected chi connectivity index (χ1v) is 6.94. The fourth-order valence-electron chi connectivity index (χ4n) is 2.11. The summed E-state index contributed by atoms with van der Waals surface area (Å²) in [5.41, 5.74) is 2.30. The molecule has 0 fully saturated rings. The van der Waals surface area contributed by atoms with Gasteiger partial charge in [0.25, 0.3) is 0 Å². The molecule has 0 aliphatic carbocycles. The van der Waals surface area contributed by atoms with E-state index in [0.717, 1.165) is 16.7 Å². The molecule has 0 unspecified atom stereocenters. The topological polar surface area (TPSA) is 24.9 Å². The Kier molecular flexibility index (Phi) is 3.47. The van der Waals surface area contributed by atoms with E-state index >= 15 is 0 Å². The van der Waals surface area contributed by atoms with Crippen molar-refractivity contribution in [1.29, 1.82) is 0 Å². The molecule has 3 aromatic rings. The molecular formula is C16H13BrN2. The lowest BCUT2D eigenvalue weighted by molar-refractivity contribution is 1.13. The van der Waals surface area contributed by atoms with Crippen LogP contribution in [-0.4, -0.2) is 4.98 Å². The summed E-state index contributed by atoms with van der Waals surface area (Å²) in [5, 5.41) is 5.86. The molecule has 94 valence electrons. The second-order valence-corrected chi connectivity index (χ2v) is 5.21. The normalized spacial score (nSPS) is 10.6. The Morgan fingerprint density at radius 1 is 0.947 bits per heavy atom. The summed E-state index contributed by atoms with van der Waals surface area (Å²) < 4.78 is 1.07. The molecule has 0 radical (unpaired) electrons. The number of benzene rings is 2. The first kappa shape index (κ1) is 12.2. The van der Waals surface area contributed by atoms with E-state index in [2.05, 4.69) is 50.5 Å². The quantitative estimate of drug-likeness (QED) is 0.764. The Labute approximate surface area is 120 Å². The summed E-state index contributed by atoms with van der Waals surface area (Å²) in [5.74, 6) is 0. The molecular weight excluding hydrogens is 300 g/mol. The van der Waals surface area contributed by atoms with Crippen LogP contribution in [0.15, 0.2) is 65.4 Å². The van der Waals surface area contributed by atoms with Gasteiger partial charge in [-0.2, -0.15) is 0 Å². The van der Waals surface area contributed by atoms with Gasteiger partial charge in [-0.05, 0) is 39.0 Å². The molecule has 0 amide bonds. The Morgan fingerprint density at radius 2 is 1.74 bits per heavy atom. The van der Waals surface area contributed by atoms with Crippen LogP contribution < -0.4 is 5.32 Å². The molecule has 0 aliphatic rings. The molecule has 1 N–H and O–H groups in total. The molecule has 0 bridgehead atoms. The summed E-state index contributed by atoms with van der Waals surface area (Å²) in [4.78, 5) is 4.30. The van der Waals surface area contributed by atoms with Crippen LogP contribution in [0.1, 0.15) is 5.56 Å². The molecule has 0 saturated carbocycles. The number of hydrogen-bond acceptors (Lipinski definition) is 2. The Bertz CT molecular complexity index is 704. The van der Waals surface area contributed by atoms with E-state index in [-0.39, 0.29) is 0 Å². The summed E-state index contributed by atoms with van der Waals surface area (Å²) in [6, 6.07) is 16.4. The zero-order valence-corrected chi connectivity index (χ0v) is 11.9. The van der Waals surface area contributed by atoms with Crippen molar-refractivity contribution in [2.24, 2.45) is 0 Å². The molecule has 1 heterocycles. The number of pyridine rings is 1. The second-order valence-electron chi connectivity index (χ2n) is 4.35. The fraction of sp³-hybridized carbons (Fsp3) is 0.0625. The van der Waals surface area contributed by atoms with Gasteiger partial charge in [-0.15, -0.1) is 0 Å². The Morgan fingerprint density at radius 3 is 2.63 bits per heavy atom. The molecule has 1 aromatic heterocycles. The monoisotopic (exact) mass is 312 g/mol. The van der Waals surface area contributed by atoms with E-state index < -0.39 is 0 Å². The number of nitrogens with one attached hydrogen (secondary N) is 1. The number of para-hydroxylation sites is 1. The lowest BCUT2D eigenvalue weighted by Crippen LogP contribution is -2.01. The van der Waals surface area contributed by atoms with Crippen LogP contribution in [0, 0.1) is 0 Å². The van der Waals surface area contributed by atoms with Crippen molar-refractivity contribution in [3.8, 4) is 0 Å². The van der Waals surface area contributed by atoms with Gasteiger partial charge >= 0.3 is 0 Å². The van der Waals surface area contributed by atoms with Crippen LogP contribution in [0.4, 0.5) is 5.69 Å². The average Bonchev–Trinajstić information content (AvgIpc) is 2.46. The molecule has 3 rings (SSSR count). The lowest BCUT2D eigenvalue weighted by atomic mass is 10.1. The minimum absolute atomic E-state index is 0.761. The highest BCUT2D eigenvalue weighted by molar-refractivity contribution is 9.10. The number of halogens is 1. The summed E-state index contributed by atoms with van der Waals surface area (Å²) >= 11 is 3.54. The minimum Gasteiger partial charge on any atom is -0.380 e. The van der Waals surface area contributed by atoms with Crippen molar-refractivity contribution >= 4 is 32.4 Å². The van der Waals surface area contributed by atoms with E-state index in [1.54, 1.807) is 0 Å². The highest BCUT2D eigenvalue weighted by Crippen LogP contribution is 2.23. The molecule has 19 heavy (non-hydrogen) atoms. The van der Waals surface area contributed by atoms with Gasteiger partial charge in [0.15, 0.2) is 0 Å². The molecule has 0 atom stereocenters. The van der Waals surface area contributed by atoms with Gasteiger partial charge in [-0.25, -0.2) is 0 Å². The predicted octanol–water partition coefficient (Wildman–Crippen LogP) is 4.61. The Hall–Kier alpha value is -1.87. The number of nitrogens with zero attached hydrogens (tertiary/aromatic N) is 1. The van der Waals surface area contributed by atoms with Gasteiger partial charge in [0.2, 0.25) is 0 Å². The maximum absolute atomic E-state index is 4.30. The zero-order valence-electron chi connectivity index (χ0n) is 10.3. The number of hydrogen-bond donors (Lipinski definition) is 1. The van der Waals surface area contributed by atoms with Crippen molar-refractivity contribution in [3.63, 3.8) is 0 Å². The van der Waals surface area contributed by atoms with E-state index in [1.807, 2.05) is 36.7 Å². The van der Waals surface area contributed by atoms with Crippen molar-refractivity contribution in [3.05, 3.63) is 71.0 Å². The van der Waals surface area contributed by atoms with Crippen LogP contribution in [-0.2, 0) is 6.54 Å². The largest absolute Gasteiger partial charge is 0.380 e. The van der Waals surface area contributed by atoms with Gasteiger partial charge in [0.1, 0.15) is 0 Å². The second kappa shape index (κ2) is 5.41. The predicted molar refractivity (Wildman–Crippen MR) is 83.2 cm³/mol. The van der Waals surface area contributed by atoms with E-state index in [4.69, 9.17) is 0 Å². The number of rotatable bonds is 3. The molecule has 2 aromatic carbocycles. The summed E-state index contributed by atoms with van der Waals surface area (Å²) in [6.45, 7) is 0.761. The van der Waals surface area contributed by atoms with Crippen molar-refractivity contribution in [2.45, 2.75) is 6.54 Å². The maximum atomic E-state index is 4.30. The zero-order chi connectivity index (χ0) is 13.1. The summed E-state index contributed by atoms with van der Waals surface area (Å²) in [7, 11) is 0. The number of fused-ring (bicyclic) bond motifs is 1. The highest BCUT2D eigenvalue weighted by Gasteiger charge is 2.02. The average molecular weight is 313 g/mol. The van der Waals surface area contributed by atoms with Gasteiger partial charge in [-0.3, -0.25) is 4.98 Å². The number of anilines is 1. The van der Waals surface area contributed by atoms with Crippen LogP contribution in [0.3, 0.4) is 0 Å². The van der Waals surface area contributed by atoms with Crippen molar-refractivity contribution in [2.75, 3.05) is 5.32 Å². The van der Waals surface area contributed by atoms with Gasteiger partial charge < -0.3 is 5.32 Å². The number of aromatic nitrogens is 1. The van der Waals surface area contributed by atoms with Crippen LogP contribution in [0.5, 0.6) is 0 Å². The first-order valence-electron chi connectivity index (χ1n) is 6.14. The third-order valence-corrected chi connectivity index (χ3v) is 3.79. The van der Waals surface area contributed by atoms with Crippen LogP contribution in [0.2, 0.25) is 0 Å². The first-order chi connectivity index (χ1) is 9.34. The molecule has 3 heteroatoms. The maximum Gasteiger partial charge on any atom is 0.0487 e. The summed E-state index contributed by atoms with van der Waals surface area (Å²) in [6.07, 6.45) is 3.82. The van der Waals surface area contributed by atoms with Gasteiger partial charge in [0, 0.05) is 34.5 Å². The van der Waals surface area contributed by atoms with E-state index in [9.17, 15) is 0 Å². The van der Waals surface area contributed by atoms with Crippen LogP contribution in [0.25, 0.3) is 10.8 Å². The lowest BCUT2D eigenvalue weighted by Gasteiger charge is -2.10. The Balaban J connectivity index is 1.88. The molecule has 2 nitrogen and oxygen atoms in total. The highest BCUT2D eigenvalue weighted by atomic mass is 79.9. The minimum atomic E-state index is 0.761. The smallest absolute Gasteiger partial charge is 0.0487 e. The van der Waals surface area contributed by atoms with Crippen LogP contribution >= 0.6 is 15.9 Å². The SMILES string of the molecule is Brc1ccccc1NCc1cncc2ccccc12. The molecule has 0 aliphatic heterocycles. The van der Waals surface area contributed by atoms with E-state index in [1.165, 1.54) is 16.3 Å². The van der Waals surface area contributed by atoms with Gasteiger partial charge in [-0.1, -0.05) is 36.4 Å². The third kappa shape index (κ3) is 2.61. The third-order valence-electron chi connectivity index (χ3n) is 3.09. The fourth-order valence-corrected chi connectivity index (χ4v) is 2.54. The van der Waals surface area contributed by atoms with Crippen molar-refractivity contribution < 1.29 is 0 Å². The molecule has 0 spiro atoms. The van der Waals surface area contributed by atoms with Gasteiger partial charge in [0.05, 0.1) is 0 Å². The standard InChI is InChI=1S/C16H13BrN2/c17-15-7-3-4-8-16(15)19-11-13-10-18-9-12-5-1-2-6-14(12)13/h1-10,19H,11H2. The van der Waals surface area contributed by atoms with Crippen molar-refractivity contribution in [1.82, 2.24) is 4.98 Å². The van der Waals surface area contributed by atoms with E-state index in [0.29, 0.717) is 0 Å².